The van der Waals surface area contributed by atoms with Crippen LogP contribution in [0.5, 0.6) is 0 Å². The zero-order valence-corrected chi connectivity index (χ0v) is 9.62. The summed E-state index contributed by atoms with van der Waals surface area (Å²) in [6.07, 6.45) is 0. The quantitative estimate of drug-likeness (QED) is 0.485. The predicted molar refractivity (Wildman–Crippen MR) is 39.1 cm³/mol. The van der Waals surface area contributed by atoms with Gasteiger partial charge in [0.1, 0.15) is 0 Å². The Hall–Kier alpha value is 2.15. The minimum absolute atomic E-state index is 0. The van der Waals surface area contributed by atoms with Crippen LogP contribution in [0.25, 0.3) is 0 Å². The molecule has 0 aromatic heterocycles. The van der Waals surface area contributed by atoms with Crippen molar-refractivity contribution < 1.29 is 32.7 Å². The van der Waals surface area contributed by atoms with E-state index >= 15 is 0 Å². The molecule has 0 bridgehead atoms. The largest absolute Gasteiger partial charge is 0.793 e. The third kappa shape index (κ3) is 66.6. The van der Waals surface area contributed by atoms with Crippen molar-refractivity contribution in [2.75, 3.05) is 10.8 Å². The fourth-order valence-corrected chi connectivity index (χ4v) is 0. The maximum absolute atomic E-state index is 4.39. The summed E-state index contributed by atoms with van der Waals surface area (Å²) in [5.74, 6) is 0.833. The van der Waals surface area contributed by atoms with Gasteiger partial charge in [-0.05, 0) is 0 Å². The SMILES string of the molecule is CC[S-].[S-]CS.[Y]. The van der Waals surface area contributed by atoms with Gasteiger partial charge in [0.25, 0.3) is 0 Å². The van der Waals surface area contributed by atoms with Crippen LogP contribution in [0.4, 0.5) is 0 Å². The van der Waals surface area contributed by atoms with E-state index in [1.165, 1.54) is 0 Å². The summed E-state index contributed by atoms with van der Waals surface area (Å²) in [5, 5.41) is 0.528. The van der Waals surface area contributed by atoms with E-state index in [0.29, 0.717) is 5.08 Å². The Kier molecular flexibility index (Phi) is 55.5. The first-order valence-corrected chi connectivity index (χ1v) is 3.39. The Balaban J connectivity index is -0.0000000400. The average Bonchev–Trinajstić information content (AvgIpc) is 1.39. The second-order valence-corrected chi connectivity index (χ2v) is 2.03. The van der Waals surface area contributed by atoms with Gasteiger partial charge in [0.05, 0.1) is 0 Å². The molecule has 0 saturated heterocycles. The van der Waals surface area contributed by atoms with Crippen LogP contribution in [-0.4, -0.2) is 10.8 Å². The molecule has 0 rings (SSSR count). The Morgan fingerprint density at radius 1 is 1.43 bits per heavy atom. The molecule has 0 nitrogen and oxygen atoms in total. The third-order valence-corrected chi connectivity index (χ3v) is 0. The fourth-order valence-electron chi connectivity index (χ4n) is 0. The Labute approximate surface area is 87.3 Å². The number of rotatable bonds is 0. The van der Waals surface area contributed by atoms with Crippen LogP contribution in [0.1, 0.15) is 6.92 Å². The normalized spacial score (nSPS) is 5.14. The van der Waals surface area contributed by atoms with E-state index in [2.05, 4.69) is 37.9 Å². The van der Waals surface area contributed by atoms with Gasteiger partial charge >= 0.3 is 0 Å². The van der Waals surface area contributed by atoms with Crippen LogP contribution in [0, 0.1) is 0 Å². The molecule has 7 heavy (non-hydrogen) atoms. The van der Waals surface area contributed by atoms with Crippen LogP contribution < -0.4 is 0 Å². The molecule has 0 heterocycles. The molecule has 1 radical (unpaired) electrons. The summed E-state index contributed by atoms with van der Waals surface area (Å²) < 4.78 is 0. The number of thiol groups is 1. The van der Waals surface area contributed by atoms with Crippen molar-refractivity contribution in [1.82, 2.24) is 0 Å². The number of hydrogen-bond donors (Lipinski definition) is 1. The smallest absolute Gasteiger partial charge is 0 e. The van der Waals surface area contributed by atoms with Crippen molar-refractivity contribution in [2.45, 2.75) is 6.92 Å². The standard InChI is InChI=1S/C2H6S.CH4S2.Y/c1-2-3;2-1-3;/h3H,2H2,1H3;2-3H,1H2;/p-2. The van der Waals surface area contributed by atoms with Crippen LogP contribution in [0.2, 0.25) is 0 Å². The van der Waals surface area contributed by atoms with E-state index in [1.54, 1.807) is 0 Å². The molecule has 0 atom stereocenters. The molecule has 0 aliphatic heterocycles. The summed E-state index contributed by atoms with van der Waals surface area (Å²) in [4.78, 5) is 0. The molecular weight excluding hydrogens is 221 g/mol. The summed E-state index contributed by atoms with van der Waals surface area (Å²) in [7, 11) is 0. The maximum atomic E-state index is 4.39. The molecule has 0 spiro atoms. The van der Waals surface area contributed by atoms with Crippen LogP contribution in [-0.2, 0) is 58.0 Å². The van der Waals surface area contributed by atoms with E-state index in [-0.39, 0.29) is 32.7 Å². The average molecular weight is 229 g/mol. The van der Waals surface area contributed by atoms with Gasteiger partial charge in [-0.1, -0.05) is 6.92 Å². The zero-order valence-electron chi connectivity index (χ0n) is 4.26. The van der Waals surface area contributed by atoms with Crippen molar-refractivity contribution in [1.29, 1.82) is 0 Å². The predicted octanol–water partition coefficient (Wildman–Crippen LogP) is 0.971. The Morgan fingerprint density at radius 2 is 1.43 bits per heavy atom. The number of hydrogen-bond acceptors (Lipinski definition) is 3. The Bertz CT molecular complexity index is 12.1. The summed E-state index contributed by atoms with van der Waals surface area (Å²) in [5.41, 5.74) is 0. The van der Waals surface area contributed by atoms with Gasteiger partial charge in [-0.15, -0.1) is 5.08 Å². The van der Waals surface area contributed by atoms with Crippen LogP contribution in [0.3, 0.4) is 0 Å². The molecule has 0 aliphatic carbocycles. The monoisotopic (exact) mass is 229 g/mol. The molecule has 0 amide bonds. The fraction of sp³-hybridized carbons (Fsp3) is 1.00. The van der Waals surface area contributed by atoms with Gasteiger partial charge in [-0.3, -0.25) is 0 Å². The molecular formula is C3H8S3Y-2. The molecule has 0 unspecified atom stereocenters. The Morgan fingerprint density at radius 3 is 1.43 bits per heavy atom. The second-order valence-electron chi connectivity index (χ2n) is 0.418. The van der Waals surface area contributed by atoms with Crippen molar-refractivity contribution in [3.8, 4) is 0 Å². The van der Waals surface area contributed by atoms with Gasteiger partial charge in [0, 0.05) is 32.7 Å². The molecule has 0 N–H and O–H groups in total. The topological polar surface area (TPSA) is 0 Å². The molecule has 4 heteroatoms. The van der Waals surface area contributed by atoms with Crippen molar-refractivity contribution >= 4 is 37.9 Å². The molecule has 0 aromatic carbocycles. The van der Waals surface area contributed by atoms with Crippen LogP contribution in [0.15, 0.2) is 0 Å². The first kappa shape index (κ1) is 16.1. The third-order valence-electron chi connectivity index (χ3n) is 0. The maximum Gasteiger partial charge on any atom is 0 e. The first-order valence-electron chi connectivity index (χ1n) is 1.60. The molecule has 0 fully saturated rings. The summed E-state index contributed by atoms with van der Waals surface area (Å²) in [6.45, 7) is 1.94. The van der Waals surface area contributed by atoms with E-state index in [9.17, 15) is 0 Å². The summed E-state index contributed by atoms with van der Waals surface area (Å²) >= 11 is 12.3. The summed E-state index contributed by atoms with van der Waals surface area (Å²) in [6, 6.07) is 0. The minimum atomic E-state index is 0. The minimum Gasteiger partial charge on any atom is -0.793 e. The van der Waals surface area contributed by atoms with E-state index in [4.69, 9.17) is 0 Å². The van der Waals surface area contributed by atoms with E-state index in [0.717, 1.165) is 5.75 Å². The van der Waals surface area contributed by atoms with Gasteiger partial charge in [-0.25, -0.2) is 12.6 Å². The van der Waals surface area contributed by atoms with Crippen molar-refractivity contribution in [2.24, 2.45) is 0 Å². The molecule has 43 valence electrons. The first-order chi connectivity index (χ1) is 2.83. The van der Waals surface area contributed by atoms with Gasteiger partial charge < -0.3 is 25.3 Å². The van der Waals surface area contributed by atoms with E-state index < -0.39 is 0 Å². The zero-order chi connectivity index (χ0) is 5.41. The van der Waals surface area contributed by atoms with Crippen molar-refractivity contribution in [3.63, 3.8) is 0 Å². The second kappa shape index (κ2) is 24.2. The van der Waals surface area contributed by atoms with Gasteiger partial charge in [0.2, 0.25) is 0 Å². The van der Waals surface area contributed by atoms with Crippen LogP contribution >= 0.6 is 12.6 Å². The molecule has 0 aliphatic rings. The van der Waals surface area contributed by atoms with Gasteiger partial charge in [0.15, 0.2) is 0 Å². The van der Waals surface area contributed by atoms with E-state index in [1.807, 2.05) is 6.92 Å². The molecule has 0 aromatic rings. The van der Waals surface area contributed by atoms with Crippen molar-refractivity contribution in [3.05, 3.63) is 0 Å². The van der Waals surface area contributed by atoms with Gasteiger partial charge in [-0.2, -0.15) is 5.75 Å². The molecule has 0 saturated carbocycles.